The maximum Gasteiger partial charge on any atom is 0.304 e. The molecule has 0 amide bonds. The molecule has 2 nitrogen and oxygen atoms in total. The molecule has 0 heterocycles. The number of hydrogen-bond acceptors (Lipinski definition) is 2. The molecule has 1 aromatic rings. The molecule has 0 fully saturated rings. The number of hydrogen-bond donors (Lipinski definition) is 0. The average Bonchev–Trinajstić information content (AvgIpc) is 2.15. The van der Waals surface area contributed by atoms with Crippen molar-refractivity contribution < 1.29 is 9.53 Å². The Labute approximate surface area is 87.8 Å². The minimum atomic E-state index is -0.707. The molecule has 14 heavy (non-hydrogen) atoms. The van der Waals surface area contributed by atoms with Gasteiger partial charge in [0.15, 0.2) is 6.10 Å². The van der Waals surface area contributed by atoms with Crippen molar-refractivity contribution in [1.82, 2.24) is 0 Å². The molecule has 1 aromatic carbocycles. The Balaban J connectivity index is 2.96. The highest BCUT2D eigenvalue weighted by molar-refractivity contribution is 6.31. The van der Waals surface area contributed by atoms with Gasteiger partial charge in [0.25, 0.3) is 0 Å². The van der Waals surface area contributed by atoms with Crippen LogP contribution in [0.15, 0.2) is 24.3 Å². The van der Waals surface area contributed by atoms with E-state index in [0.717, 1.165) is 0 Å². The van der Waals surface area contributed by atoms with Crippen LogP contribution in [-0.4, -0.2) is 5.97 Å². The molecular weight excluding hydrogens is 200 g/mol. The lowest BCUT2D eigenvalue weighted by Gasteiger charge is -2.12. The summed E-state index contributed by atoms with van der Waals surface area (Å²) in [6, 6.07) is 7.00. The Hall–Kier alpha value is -1.46. The van der Waals surface area contributed by atoms with E-state index in [0.29, 0.717) is 10.6 Å². The summed E-state index contributed by atoms with van der Waals surface area (Å²) in [6.07, 6.45) is 4.53. The third-order valence-electron chi connectivity index (χ3n) is 1.62. The van der Waals surface area contributed by atoms with E-state index in [2.05, 4.69) is 5.92 Å². The lowest BCUT2D eigenvalue weighted by atomic mass is 10.1. The van der Waals surface area contributed by atoms with Crippen LogP contribution in [0, 0.1) is 12.3 Å². The van der Waals surface area contributed by atoms with Crippen LogP contribution in [0.5, 0.6) is 0 Å². The van der Waals surface area contributed by atoms with Crippen LogP contribution in [0.3, 0.4) is 0 Å². The van der Waals surface area contributed by atoms with Gasteiger partial charge in [0.1, 0.15) is 0 Å². The normalized spacial score (nSPS) is 11.5. The number of halogens is 1. The van der Waals surface area contributed by atoms with Crippen molar-refractivity contribution in [3.05, 3.63) is 34.9 Å². The highest BCUT2D eigenvalue weighted by atomic mass is 35.5. The summed E-state index contributed by atoms with van der Waals surface area (Å²) in [5.41, 5.74) is 0.631. The van der Waals surface area contributed by atoms with E-state index < -0.39 is 12.1 Å². The summed E-state index contributed by atoms with van der Waals surface area (Å²) in [4.78, 5) is 10.7. The fraction of sp³-hybridized carbons (Fsp3) is 0.182. The number of carbonyl (C=O) groups excluding carboxylic acids is 1. The molecule has 0 aliphatic rings. The monoisotopic (exact) mass is 208 g/mol. The molecule has 0 spiro atoms. The maximum atomic E-state index is 10.7. The third kappa shape index (κ3) is 2.51. The number of carbonyl (C=O) groups is 1. The summed E-state index contributed by atoms with van der Waals surface area (Å²) >= 11 is 5.89. The molecular formula is C11H9ClO2. The number of terminal acetylenes is 1. The Kier molecular flexibility index (Phi) is 3.55. The molecule has 0 N–H and O–H groups in total. The third-order valence-corrected chi connectivity index (χ3v) is 1.97. The fourth-order valence-electron chi connectivity index (χ4n) is 1.04. The van der Waals surface area contributed by atoms with E-state index in [1.807, 2.05) is 0 Å². The van der Waals surface area contributed by atoms with Crippen molar-refractivity contribution >= 4 is 17.6 Å². The first-order valence-corrected chi connectivity index (χ1v) is 4.40. The van der Waals surface area contributed by atoms with Gasteiger partial charge in [-0.05, 0) is 6.07 Å². The standard InChI is InChI=1S/C11H9ClO2/c1-3-11(14-8(2)13)9-6-4-5-7-10(9)12/h1,4-7,11H,2H3/t11-/m1/s1. The van der Waals surface area contributed by atoms with E-state index in [1.165, 1.54) is 6.92 Å². The Bertz CT molecular complexity index is 379. The number of esters is 1. The summed E-state index contributed by atoms with van der Waals surface area (Å²) in [7, 11) is 0. The molecule has 0 aromatic heterocycles. The second-order valence-electron chi connectivity index (χ2n) is 2.68. The minimum Gasteiger partial charge on any atom is -0.444 e. The van der Waals surface area contributed by atoms with E-state index in [9.17, 15) is 4.79 Å². The highest BCUT2D eigenvalue weighted by Crippen LogP contribution is 2.24. The van der Waals surface area contributed by atoms with E-state index >= 15 is 0 Å². The second kappa shape index (κ2) is 4.69. The molecule has 0 saturated carbocycles. The second-order valence-corrected chi connectivity index (χ2v) is 3.08. The molecule has 0 unspecified atom stereocenters. The lowest BCUT2D eigenvalue weighted by Crippen LogP contribution is -2.06. The van der Waals surface area contributed by atoms with Gasteiger partial charge in [-0.2, -0.15) is 0 Å². The van der Waals surface area contributed by atoms with Crippen molar-refractivity contribution in [2.24, 2.45) is 0 Å². The summed E-state index contributed by atoms with van der Waals surface area (Å²) < 4.78 is 4.91. The van der Waals surface area contributed by atoms with Gasteiger partial charge in [-0.15, -0.1) is 6.42 Å². The van der Waals surface area contributed by atoms with Gasteiger partial charge in [0, 0.05) is 17.5 Å². The first-order valence-electron chi connectivity index (χ1n) is 4.03. The molecule has 1 atom stereocenters. The van der Waals surface area contributed by atoms with Gasteiger partial charge in [-0.1, -0.05) is 35.7 Å². The van der Waals surface area contributed by atoms with Crippen LogP contribution >= 0.6 is 11.6 Å². The zero-order valence-electron chi connectivity index (χ0n) is 7.66. The zero-order valence-corrected chi connectivity index (χ0v) is 8.41. The Morgan fingerprint density at radius 2 is 2.21 bits per heavy atom. The van der Waals surface area contributed by atoms with Crippen LogP contribution in [-0.2, 0) is 9.53 Å². The number of rotatable bonds is 2. The van der Waals surface area contributed by atoms with Crippen LogP contribution in [0.1, 0.15) is 18.6 Å². The van der Waals surface area contributed by atoms with Crippen molar-refractivity contribution in [2.45, 2.75) is 13.0 Å². The molecule has 1 rings (SSSR count). The maximum absolute atomic E-state index is 10.7. The summed E-state index contributed by atoms with van der Waals surface area (Å²) in [5.74, 6) is 1.94. The summed E-state index contributed by atoms with van der Waals surface area (Å²) in [5, 5.41) is 0.497. The largest absolute Gasteiger partial charge is 0.444 e. The predicted octanol–water partition coefficient (Wildman–Crippen LogP) is 2.58. The zero-order chi connectivity index (χ0) is 10.6. The van der Waals surface area contributed by atoms with Gasteiger partial charge in [-0.25, -0.2) is 0 Å². The van der Waals surface area contributed by atoms with Crippen molar-refractivity contribution in [2.75, 3.05) is 0 Å². The van der Waals surface area contributed by atoms with Gasteiger partial charge >= 0.3 is 5.97 Å². The fourth-order valence-corrected chi connectivity index (χ4v) is 1.28. The number of ether oxygens (including phenoxy) is 1. The first-order chi connectivity index (χ1) is 6.65. The molecule has 0 saturated heterocycles. The van der Waals surface area contributed by atoms with Crippen LogP contribution in [0.4, 0.5) is 0 Å². The molecule has 3 heteroatoms. The quantitative estimate of drug-likeness (QED) is 0.552. The van der Waals surface area contributed by atoms with Crippen LogP contribution in [0.25, 0.3) is 0 Å². The van der Waals surface area contributed by atoms with Crippen molar-refractivity contribution in [3.8, 4) is 12.3 Å². The van der Waals surface area contributed by atoms with Crippen molar-refractivity contribution in [3.63, 3.8) is 0 Å². The van der Waals surface area contributed by atoms with Crippen LogP contribution in [0.2, 0.25) is 5.02 Å². The van der Waals surface area contributed by atoms with E-state index in [-0.39, 0.29) is 0 Å². The smallest absolute Gasteiger partial charge is 0.304 e. The van der Waals surface area contributed by atoms with Gasteiger partial charge in [-0.3, -0.25) is 4.79 Å². The first kappa shape index (κ1) is 10.6. The molecule has 0 bridgehead atoms. The van der Waals surface area contributed by atoms with Gasteiger partial charge in [0.2, 0.25) is 0 Å². The number of benzene rings is 1. The Morgan fingerprint density at radius 1 is 1.57 bits per heavy atom. The SMILES string of the molecule is C#C[C@@H](OC(C)=O)c1ccccc1Cl. The predicted molar refractivity (Wildman–Crippen MR) is 54.8 cm³/mol. The highest BCUT2D eigenvalue weighted by Gasteiger charge is 2.13. The van der Waals surface area contributed by atoms with Gasteiger partial charge < -0.3 is 4.74 Å². The Morgan fingerprint density at radius 3 is 2.71 bits per heavy atom. The topological polar surface area (TPSA) is 26.3 Å². The van der Waals surface area contributed by atoms with E-state index in [4.69, 9.17) is 22.8 Å². The molecule has 0 aliphatic carbocycles. The lowest BCUT2D eigenvalue weighted by molar-refractivity contribution is -0.144. The molecule has 0 radical (unpaired) electrons. The molecule has 72 valence electrons. The van der Waals surface area contributed by atoms with E-state index in [1.54, 1.807) is 24.3 Å². The molecule has 0 aliphatic heterocycles. The summed E-state index contributed by atoms with van der Waals surface area (Å²) in [6.45, 7) is 1.31. The van der Waals surface area contributed by atoms with Crippen molar-refractivity contribution in [1.29, 1.82) is 0 Å². The average molecular weight is 209 g/mol. The van der Waals surface area contributed by atoms with Crippen LogP contribution < -0.4 is 0 Å². The minimum absolute atomic E-state index is 0.423. The van der Waals surface area contributed by atoms with Gasteiger partial charge in [0.05, 0.1) is 0 Å².